The average molecular weight is 335 g/mol. The second-order valence-electron chi connectivity index (χ2n) is 3.99. The number of carboxylic acids is 1. The normalized spacial score (nSPS) is 11.5. The number of rotatable bonds is 7. The summed E-state index contributed by atoms with van der Waals surface area (Å²) in [5.74, 6) is -2.77. The van der Waals surface area contributed by atoms with E-state index in [9.17, 15) is 14.4 Å². The van der Waals surface area contributed by atoms with Crippen molar-refractivity contribution in [2.24, 2.45) is 5.73 Å². The summed E-state index contributed by atoms with van der Waals surface area (Å²) in [7, 11) is 0. The fourth-order valence-electron chi connectivity index (χ4n) is 1.37. The van der Waals surface area contributed by atoms with Crippen LogP contribution in [0.5, 0.6) is 5.75 Å². The molecule has 1 atom stereocenters. The van der Waals surface area contributed by atoms with Crippen LogP contribution in [-0.2, 0) is 14.4 Å². The molecule has 0 fully saturated rings. The Bertz CT molecular complexity index is 565. The zero-order valence-corrected chi connectivity index (χ0v) is 12.1. The van der Waals surface area contributed by atoms with Gasteiger partial charge < -0.3 is 20.9 Å². The van der Waals surface area contributed by atoms with Gasteiger partial charge in [0.05, 0.1) is 11.4 Å². The first-order chi connectivity index (χ1) is 9.79. The number of nitrogens with two attached hydrogens (primary N) is 1. The molecular formula is C12H12Cl2N2O5. The molecule has 0 bridgehead atoms. The lowest BCUT2D eigenvalue weighted by Gasteiger charge is -2.13. The standard InChI is InChI=1S/C12H12Cl2N2O5/c13-6-1-2-7(14)9(3-6)21-5-11(18)16-8(12(19)20)4-10(15)17/h1-3,8H,4-5H2,(H2,15,17)(H,16,18)(H,19,20)/t8-/m1/s1. The van der Waals surface area contributed by atoms with Crippen molar-refractivity contribution in [3.8, 4) is 5.75 Å². The largest absolute Gasteiger partial charge is 0.482 e. The maximum absolute atomic E-state index is 11.6. The van der Waals surface area contributed by atoms with Crippen molar-refractivity contribution in [2.75, 3.05) is 6.61 Å². The number of benzene rings is 1. The zero-order chi connectivity index (χ0) is 16.0. The molecule has 9 heteroatoms. The fourth-order valence-corrected chi connectivity index (χ4v) is 1.70. The molecule has 0 radical (unpaired) electrons. The lowest BCUT2D eigenvalue weighted by Crippen LogP contribution is -2.45. The SMILES string of the molecule is NC(=O)C[C@@H](NC(=O)COc1cc(Cl)ccc1Cl)C(=O)O. The Morgan fingerprint density at radius 3 is 2.57 bits per heavy atom. The van der Waals surface area contributed by atoms with Crippen molar-refractivity contribution >= 4 is 41.0 Å². The van der Waals surface area contributed by atoms with E-state index in [-0.39, 0.29) is 10.8 Å². The molecule has 7 nitrogen and oxygen atoms in total. The zero-order valence-electron chi connectivity index (χ0n) is 10.6. The quantitative estimate of drug-likeness (QED) is 0.681. The molecule has 1 rings (SSSR count). The van der Waals surface area contributed by atoms with Gasteiger partial charge in [0.15, 0.2) is 6.61 Å². The first-order valence-electron chi connectivity index (χ1n) is 5.68. The number of amides is 2. The summed E-state index contributed by atoms with van der Waals surface area (Å²) in [6, 6.07) is 3.04. The van der Waals surface area contributed by atoms with Gasteiger partial charge in [-0.05, 0) is 12.1 Å². The Morgan fingerprint density at radius 1 is 1.33 bits per heavy atom. The molecular weight excluding hydrogens is 323 g/mol. The van der Waals surface area contributed by atoms with Crippen LogP contribution in [0.1, 0.15) is 6.42 Å². The summed E-state index contributed by atoms with van der Waals surface area (Å²) >= 11 is 11.6. The Labute approximate surface area is 130 Å². The summed E-state index contributed by atoms with van der Waals surface area (Å²) < 4.78 is 5.13. The smallest absolute Gasteiger partial charge is 0.326 e. The van der Waals surface area contributed by atoms with E-state index in [1.165, 1.54) is 12.1 Å². The monoisotopic (exact) mass is 334 g/mol. The fraction of sp³-hybridized carbons (Fsp3) is 0.250. The van der Waals surface area contributed by atoms with Gasteiger partial charge in [-0.15, -0.1) is 0 Å². The molecule has 2 amide bonds. The van der Waals surface area contributed by atoms with Gasteiger partial charge in [0, 0.05) is 11.1 Å². The van der Waals surface area contributed by atoms with Crippen LogP contribution < -0.4 is 15.8 Å². The summed E-state index contributed by atoms with van der Waals surface area (Å²) in [6.45, 7) is -0.484. The second kappa shape index (κ2) is 7.70. The third kappa shape index (κ3) is 5.88. The Balaban J connectivity index is 2.58. The van der Waals surface area contributed by atoms with Crippen molar-refractivity contribution in [3.05, 3.63) is 28.2 Å². The van der Waals surface area contributed by atoms with Crippen LogP contribution in [0.4, 0.5) is 0 Å². The molecule has 1 aromatic rings. The van der Waals surface area contributed by atoms with E-state index < -0.39 is 36.9 Å². The van der Waals surface area contributed by atoms with E-state index >= 15 is 0 Å². The number of hydrogen-bond donors (Lipinski definition) is 3. The molecule has 114 valence electrons. The molecule has 1 aromatic carbocycles. The van der Waals surface area contributed by atoms with Crippen LogP contribution in [0, 0.1) is 0 Å². The highest BCUT2D eigenvalue weighted by Crippen LogP contribution is 2.27. The molecule has 0 aliphatic carbocycles. The van der Waals surface area contributed by atoms with Crippen molar-refractivity contribution in [1.82, 2.24) is 5.32 Å². The summed E-state index contributed by atoms with van der Waals surface area (Å²) in [5, 5.41) is 11.6. The van der Waals surface area contributed by atoms with Crippen LogP contribution in [0.2, 0.25) is 10.0 Å². The Morgan fingerprint density at radius 2 is 2.00 bits per heavy atom. The van der Waals surface area contributed by atoms with Crippen LogP contribution in [0.3, 0.4) is 0 Å². The highest BCUT2D eigenvalue weighted by Gasteiger charge is 2.22. The topological polar surface area (TPSA) is 119 Å². The predicted octanol–water partition coefficient (Wildman–Crippen LogP) is 0.817. The van der Waals surface area contributed by atoms with Crippen molar-refractivity contribution in [1.29, 1.82) is 0 Å². The van der Waals surface area contributed by atoms with Gasteiger partial charge in [-0.25, -0.2) is 4.79 Å². The van der Waals surface area contributed by atoms with E-state index in [0.29, 0.717) is 5.02 Å². The lowest BCUT2D eigenvalue weighted by atomic mass is 10.2. The van der Waals surface area contributed by atoms with E-state index in [1.807, 2.05) is 0 Å². The molecule has 21 heavy (non-hydrogen) atoms. The first-order valence-corrected chi connectivity index (χ1v) is 6.43. The number of carboxylic acid groups (broad SMARTS) is 1. The van der Waals surface area contributed by atoms with Crippen molar-refractivity contribution in [2.45, 2.75) is 12.5 Å². The molecule has 0 heterocycles. The Kier molecular flexibility index (Phi) is 6.26. The maximum atomic E-state index is 11.6. The van der Waals surface area contributed by atoms with Crippen LogP contribution in [0.25, 0.3) is 0 Å². The van der Waals surface area contributed by atoms with Gasteiger partial charge in [-0.1, -0.05) is 23.2 Å². The minimum absolute atomic E-state index is 0.182. The molecule has 0 saturated carbocycles. The van der Waals surface area contributed by atoms with Crippen molar-refractivity contribution < 1.29 is 24.2 Å². The Hall–Kier alpha value is -1.99. The highest BCUT2D eigenvalue weighted by molar-refractivity contribution is 6.34. The second-order valence-corrected chi connectivity index (χ2v) is 4.84. The van der Waals surface area contributed by atoms with Gasteiger partial charge in [0.25, 0.3) is 5.91 Å². The van der Waals surface area contributed by atoms with E-state index in [0.717, 1.165) is 0 Å². The van der Waals surface area contributed by atoms with Crippen molar-refractivity contribution in [3.63, 3.8) is 0 Å². The number of hydrogen-bond acceptors (Lipinski definition) is 4. The third-order valence-corrected chi connectivity index (χ3v) is 2.84. The minimum atomic E-state index is -1.41. The lowest BCUT2D eigenvalue weighted by molar-refractivity contribution is -0.143. The first kappa shape index (κ1) is 17.1. The molecule has 0 spiro atoms. The van der Waals surface area contributed by atoms with E-state index in [1.54, 1.807) is 6.07 Å². The summed E-state index contributed by atoms with van der Waals surface area (Å²) in [5.41, 5.74) is 4.89. The van der Waals surface area contributed by atoms with Gasteiger partial charge in [0.2, 0.25) is 5.91 Å². The average Bonchev–Trinajstić information content (AvgIpc) is 2.38. The summed E-state index contributed by atoms with van der Waals surface area (Å²) in [6.07, 6.45) is -0.515. The van der Waals surface area contributed by atoms with Gasteiger partial charge in [-0.3, -0.25) is 9.59 Å². The van der Waals surface area contributed by atoms with E-state index in [4.69, 9.17) is 38.8 Å². The van der Waals surface area contributed by atoms with Gasteiger partial charge >= 0.3 is 5.97 Å². The highest BCUT2D eigenvalue weighted by atomic mass is 35.5. The van der Waals surface area contributed by atoms with Crippen LogP contribution in [0.15, 0.2) is 18.2 Å². The number of halogens is 2. The number of carbonyl (C=O) groups excluding carboxylic acids is 2. The number of aliphatic carboxylic acids is 1. The number of primary amides is 1. The predicted molar refractivity (Wildman–Crippen MR) is 75.3 cm³/mol. The molecule has 0 saturated heterocycles. The molecule has 4 N–H and O–H groups in total. The summed E-state index contributed by atoms with van der Waals surface area (Å²) in [4.78, 5) is 33.1. The van der Waals surface area contributed by atoms with Gasteiger partial charge in [0.1, 0.15) is 11.8 Å². The molecule has 0 unspecified atom stereocenters. The third-order valence-electron chi connectivity index (χ3n) is 2.29. The van der Waals surface area contributed by atoms with E-state index in [2.05, 4.69) is 5.32 Å². The number of nitrogens with one attached hydrogen (secondary N) is 1. The maximum Gasteiger partial charge on any atom is 0.326 e. The molecule has 0 aromatic heterocycles. The van der Waals surface area contributed by atoms with Crippen LogP contribution >= 0.6 is 23.2 Å². The molecule has 0 aliphatic rings. The number of ether oxygens (including phenoxy) is 1. The van der Waals surface area contributed by atoms with Crippen LogP contribution in [-0.4, -0.2) is 35.5 Å². The number of carbonyl (C=O) groups is 3. The van der Waals surface area contributed by atoms with Gasteiger partial charge in [-0.2, -0.15) is 0 Å². The minimum Gasteiger partial charge on any atom is -0.482 e. The molecule has 0 aliphatic heterocycles.